The zero-order valence-corrected chi connectivity index (χ0v) is 10.9. The Balaban J connectivity index is 2.17. The van der Waals surface area contributed by atoms with E-state index in [4.69, 9.17) is 0 Å². The SMILES string of the molecule is CN(C)CCCNC(=O)NCc1cccc(F)c1. The Bertz CT molecular complexity index is 382. The maximum absolute atomic E-state index is 12.9. The van der Waals surface area contributed by atoms with Gasteiger partial charge in [0.05, 0.1) is 0 Å². The van der Waals surface area contributed by atoms with Crippen molar-refractivity contribution >= 4 is 6.03 Å². The van der Waals surface area contributed by atoms with Crippen molar-refractivity contribution in [1.82, 2.24) is 15.5 Å². The van der Waals surface area contributed by atoms with Gasteiger partial charge in [-0.15, -0.1) is 0 Å². The van der Waals surface area contributed by atoms with E-state index in [1.165, 1.54) is 12.1 Å². The first-order valence-corrected chi connectivity index (χ1v) is 5.99. The van der Waals surface area contributed by atoms with E-state index in [9.17, 15) is 9.18 Å². The highest BCUT2D eigenvalue weighted by molar-refractivity contribution is 5.73. The van der Waals surface area contributed by atoms with Crippen LogP contribution in [0.25, 0.3) is 0 Å². The highest BCUT2D eigenvalue weighted by Gasteiger charge is 2.00. The van der Waals surface area contributed by atoms with Crippen LogP contribution < -0.4 is 10.6 Å². The molecule has 1 aromatic rings. The van der Waals surface area contributed by atoms with Crippen LogP contribution in [-0.2, 0) is 6.54 Å². The summed E-state index contributed by atoms with van der Waals surface area (Å²) in [5, 5.41) is 5.44. The summed E-state index contributed by atoms with van der Waals surface area (Å²) in [6, 6.07) is 5.96. The van der Waals surface area contributed by atoms with Gasteiger partial charge in [-0.1, -0.05) is 12.1 Å². The molecular formula is C13H20FN3O. The van der Waals surface area contributed by atoms with E-state index in [0.717, 1.165) is 18.5 Å². The van der Waals surface area contributed by atoms with Gasteiger partial charge in [0.1, 0.15) is 5.82 Å². The van der Waals surface area contributed by atoms with Gasteiger partial charge in [0.15, 0.2) is 0 Å². The quantitative estimate of drug-likeness (QED) is 0.756. The first-order valence-electron chi connectivity index (χ1n) is 5.99. The normalized spacial score (nSPS) is 10.4. The summed E-state index contributed by atoms with van der Waals surface area (Å²) in [4.78, 5) is 13.5. The lowest BCUT2D eigenvalue weighted by Gasteiger charge is -2.10. The second-order valence-electron chi connectivity index (χ2n) is 4.40. The molecule has 0 fully saturated rings. The van der Waals surface area contributed by atoms with Gasteiger partial charge in [-0.2, -0.15) is 0 Å². The van der Waals surface area contributed by atoms with Crippen LogP contribution >= 0.6 is 0 Å². The monoisotopic (exact) mass is 253 g/mol. The number of hydrogen-bond acceptors (Lipinski definition) is 2. The van der Waals surface area contributed by atoms with E-state index >= 15 is 0 Å². The van der Waals surface area contributed by atoms with Gasteiger partial charge in [-0.05, 0) is 44.8 Å². The number of benzene rings is 1. The molecule has 2 amide bonds. The molecule has 100 valence electrons. The largest absolute Gasteiger partial charge is 0.338 e. The molecule has 1 aromatic carbocycles. The molecule has 0 aliphatic heterocycles. The molecule has 0 atom stereocenters. The van der Waals surface area contributed by atoms with E-state index < -0.39 is 0 Å². The van der Waals surface area contributed by atoms with Crippen molar-refractivity contribution in [3.05, 3.63) is 35.6 Å². The first-order chi connectivity index (χ1) is 8.58. The Morgan fingerprint density at radius 1 is 1.33 bits per heavy atom. The van der Waals surface area contributed by atoms with Gasteiger partial charge >= 0.3 is 6.03 Å². The van der Waals surface area contributed by atoms with Crippen molar-refractivity contribution in [3.63, 3.8) is 0 Å². The van der Waals surface area contributed by atoms with Gasteiger partial charge in [-0.25, -0.2) is 9.18 Å². The van der Waals surface area contributed by atoms with Crippen LogP contribution in [0.4, 0.5) is 9.18 Å². The van der Waals surface area contributed by atoms with Crippen LogP contribution in [0.2, 0.25) is 0 Å². The Morgan fingerprint density at radius 2 is 2.11 bits per heavy atom. The van der Waals surface area contributed by atoms with Crippen molar-refractivity contribution in [2.45, 2.75) is 13.0 Å². The average Bonchev–Trinajstić information content (AvgIpc) is 2.32. The summed E-state index contributed by atoms with van der Waals surface area (Å²) in [5.41, 5.74) is 0.749. The van der Waals surface area contributed by atoms with E-state index in [1.54, 1.807) is 12.1 Å². The van der Waals surface area contributed by atoms with Gasteiger partial charge in [-0.3, -0.25) is 0 Å². The minimum atomic E-state index is -0.291. The highest BCUT2D eigenvalue weighted by Crippen LogP contribution is 2.02. The van der Waals surface area contributed by atoms with Crippen LogP contribution in [0.5, 0.6) is 0 Å². The lowest BCUT2D eigenvalue weighted by molar-refractivity contribution is 0.240. The van der Waals surface area contributed by atoms with Crippen LogP contribution in [-0.4, -0.2) is 38.1 Å². The molecule has 5 heteroatoms. The van der Waals surface area contributed by atoms with E-state index in [1.807, 2.05) is 14.1 Å². The Hall–Kier alpha value is -1.62. The lowest BCUT2D eigenvalue weighted by atomic mass is 10.2. The smallest absolute Gasteiger partial charge is 0.315 e. The zero-order chi connectivity index (χ0) is 13.4. The summed E-state index contributed by atoms with van der Waals surface area (Å²) in [5.74, 6) is -0.291. The van der Waals surface area contributed by atoms with Crippen molar-refractivity contribution in [2.24, 2.45) is 0 Å². The number of urea groups is 1. The highest BCUT2D eigenvalue weighted by atomic mass is 19.1. The number of halogens is 1. The first kappa shape index (κ1) is 14.4. The third-order valence-electron chi connectivity index (χ3n) is 2.41. The van der Waals surface area contributed by atoms with Gasteiger partial charge in [0, 0.05) is 13.1 Å². The predicted octanol–water partition coefficient (Wildman–Crippen LogP) is 1.58. The maximum Gasteiger partial charge on any atom is 0.315 e. The van der Waals surface area contributed by atoms with Crippen LogP contribution in [0, 0.1) is 5.82 Å². The second kappa shape index (κ2) is 7.66. The van der Waals surface area contributed by atoms with E-state index in [-0.39, 0.29) is 11.8 Å². The molecule has 0 aliphatic carbocycles. The van der Waals surface area contributed by atoms with Crippen LogP contribution in [0.3, 0.4) is 0 Å². The average molecular weight is 253 g/mol. The number of carbonyl (C=O) groups is 1. The number of nitrogens with one attached hydrogen (secondary N) is 2. The van der Waals surface area contributed by atoms with E-state index in [2.05, 4.69) is 15.5 Å². The van der Waals surface area contributed by atoms with Crippen LogP contribution in [0.1, 0.15) is 12.0 Å². The number of hydrogen-bond donors (Lipinski definition) is 2. The molecule has 4 nitrogen and oxygen atoms in total. The predicted molar refractivity (Wildman–Crippen MR) is 69.8 cm³/mol. The molecule has 18 heavy (non-hydrogen) atoms. The minimum Gasteiger partial charge on any atom is -0.338 e. The Morgan fingerprint density at radius 3 is 2.78 bits per heavy atom. The molecular weight excluding hydrogens is 233 g/mol. The summed E-state index contributed by atoms with van der Waals surface area (Å²) in [7, 11) is 3.98. The fourth-order valence-corrected chi connectivity index (χ4v) is 1.49. The van der Waals surface area contributed by atoms with E-state index in [0.29, 0.717) is 13.1 Å². The molecule has 0 unspecified atom stereocenters. The molecule has 0 radical (unpaired) electrons. The Labute approximate surface area is 107 Å². The standard InChI is InChI=1S/C13H20FN3O/c1-17(2)8-4-7-15-13(18)16-10-11-5-3-6-12(14)9-11/h3,5-6,9H,4,7-8,10H2,1-2H3,(H2,15,16,18). The number of amides is 2. The number of nitrogens with zero attached hydrogens (tertiary/aromatic N) is 1. The molecule has 2 N–H and O–H groups in total. The zero-order valence-electron chi connectivity index (χ0n) is 10.9. The van der Waals surface area contributed by atoms with Crippen LogP contribution in [0.15, 0.2) is 24.3 Å². The third-order valence-corrected chi connectivity index (χ3v) is 2.41. The molecule has 0 bridgehead atoms. The van der Waals surface area contributed by atoms with Crippen molar-refractivity contribution in [3.8, 4) is 0 Å². The summed E-state index contributed by atoms with van der Waals surface area (Å²) >= 11 is 0. The fourth-order valence-electron chi connectivity index (χ4n) is 1.49. The number of carbonyl (C=O) groups excluding carboxylic acids is 1. The Kier molecular flexibility index (Phi) is 6.14. The molecule has 0 saturated carbocycles. The van der Waals surface area contributed by atoms with Crippen molar-refractivity contribution < 1.29 is 9.18 Å². The van der Waals surface area contributed by atoms with Gasteiger partial charge in [0.2, 0.25) is 0 Å². The molecule has 0 aliphatic rings. The van der Waals surface area contributed by atoms with Gasteiger partial charge in [0.25, 0.3) is 0 Å². The van der Waals surface area contributed by atoms with Crippen molar-refractivity contribution in [1.29, 1.82) is 0 Å². The number of rotatable bonds is 6. The molecule has 0 heterocycles. The van der Waals surface area contributed by atoms with Crippen molar-refractivity contribution in [2.75, 3.05) is 27.2 Å². The fraction of sp³-hybridized carbons (Fsp3) is 0.462. The lowest BCUT2D eigenvalue weighted by Crippen LogP contribution is -2.36. The topological polar surface area (TPSA) is 44.4 Å². The molecule has 0 saturated heterocycles. The molecule has 0 spiro atoms. The molecule has 1 rings (SSSR count). The maximum atomic E-state index is 12.9. The summed E-state index contributed by atoms with van der Waals surface area (Å²) in [6.07, 6.45) is 0.903. The summed E-state index contributed by atoms with van der Waals surface area (Å²) < 4.78 is 12.9. The third kappa shape index (κ3) is 6.20. The summed E-state index contributed by atoms with van der Waals surface area (Å²) in [6.45, 7) is 1.90. The molecule has 0 aromatic heterocycles. The minimum absolute atomic E-state index is 0.224. The second-order valence-corrected chi connectivity index (χ2v) is 4.40. The van der Waals surface area contributed by atoms with Gasteiger partial charge < -0.3 is 15.5 Å².